The quantitative estimate of drug-likeness (QED) is 0.772. The van der Waals surface area contributed by atoms with Crippen molar-refractivity contribution in [3.63, 3.8) is 0 Å². The Kier molecular flexibility index (Phi) is 6.41. The standard InChI is InChI=1S/C17H29N3O2S/c1-17(2,3)15-20-13(11-23-15)7-8-18-16(22)19-10-12-5-4-6-14(21)9-12/h11-12,14,21H,4-10H2,1-3H3,(H2,18,19,22). The lowest BCUT2D eigenvalue weighted by atomic mass is 9.87. The van der Waals surface area contributed by atoms with Gasteiger partial charge in [0.15, 0.2) is 0 Å². The highest BCUT2D eigenvalue weighted by molar-refractivity contribution is 7.09. The third-order valence-corrected chi connectivity index (χ3v) is 5.48. The maximum Gasteiger partial charge on any atom is 0.314 e. The van der Waals surface area contributed by atoms with Crippen molar-refractivity contribution >= 4 is 17.4 Å². The third kappa shape index (κ3) is 6.11. The molecular formula is C17H29N3O2S. The number of amides is 2. The number of aromatic nitrogens is 1. The summed E-state index contributed by atoms with van der Waals surface area (Å²) in [4.78, 5) is 16.4. The number of rotatable bonds is 5. The number of nitrogens with one attached hydrogen (secondary N) is 2. The second-order valence-corrected chi connectivity index (χ2v) is 8.33. The van der Waals surface area contributed by atoms with Gasteiger partial charge < -0.3 is 15.7 Å². The molecule has 23 heavy (non-hydrogen) atoms. The van der Waals surface area contributed by atoms with Gasteiger partial charge in [-0.25, -0.2) is 9.78 Å². The summed E-state index contributed by atoms with van der Waals surface area (Å²) in [6, 6.07) is -0.128. The molecule has 0 aromatic carbocycles. The zero-order valence-electron chi connectivity index (χ0n) is 14.4. The van der Waals surface area contributed by atoms with Crippen LogP contribution in [0.15, 0.2) is 5.38 Å². The van der Waals surface area contributed by atoms with Gasteiger partial charge in [0.05, 0.1) is 16.8 Å². The molecule has 2 atom stereocenters. The molecule has 6 heteroatoms. The lowest BCUT2D eigenvalue weighted by molar-refractivity contribution is 0.101. The molecule has 0 bridgehead atoms. The number of nitrogens with zero attached hydrogens (tertiary/aromatic N) is 1. The molecule has 3 N–H and O–H groups in total. The van der Waals surface area contributed by atoms with E-state index in [-0.39, 0.29) is 17.6 Å². The zero-order valence-corrected chi connectivity index (χ0v) is 15.2. The van der Waals surface area contributed by atoms with Gasteiger partial charge >= 0.3 is 6.03 Å². The number of aliphatic hydroxyl groups excluding tert-OH is 1. The molecule has 1 aliphatic carbocycles. The van der Waals surface area contributed by atoms with E-state index in [4.69, 9.17) is 0 Å². The van der Waals surface area contributed by atoms with Crippen LogP contribution < -0.4 is 10.6 Å². The Bertz CT molecular complexity index is 510. The SMILES string of the molecule is CC(C)(C)c1nc(CCNC(=O)NCC2CCCC(O)C2)cs1. The number of aliphatic hydroxyl groups is 1. The highest BCUT2D eigenvalue weighted by Crippen LogP contribution is 2.25. The predicted molar refractivity (Wildman–Crippen MR) is 93.9 cm³/mol. The Morgan fingerprint density at radius 3 is 2.83 bits per heavy atom. The molecular weight excluding hydrogens is 310 g/mol. The average molecular weight is 340 g/mol. The molecule has 0 saturated heterocycles. The molecule has 1 aromatic rings. The first-order valence-electron chi connectivity index (χ1n) is 8.49. The van der Waals surface area contributed by atoms with Gasteiger partial charge in [0.2, 0.25) is 0 Å². The fourth-order valence-corrected chi connectivity index (χ4v) is 3.76. The van der Waals surface area contributed by atoms with Crippen molar-refractivity contribution in [1.82, 2.24) is 15.6 Å². The van der Waals surface area contributed by atoms with Crippen LogP contribution in [0, 0.1) is 5.92 Å². The van der Waals surface area contributed by atoms with E-state index in [0.29, 0.717) is 19.0 Å². The summed E-state index contributed by atoms with van der Waals surface area (Å²) < 4.78 is 0. The Balaban J connectivity index is 1.64. The molecule has 5 nitrogen and oxygen atoms in total. The van der Waals surface area contributed by atoms with Crippen molar-refractivity contribution in [2.45, 2.75) is 64.4 Å². The first-order valence-corrected chi connectivity index (χ1v) is 9.37. The maximum absolute atomic E-state index is 11.8. The van der Waals surface area contributed by atoms with Gasteiger partial charge in [-0.2, -0.15) is 0 Å². The molecule has 130 valence electrons. The smallest absolute Gasteiger partial charge is 0.314 e. The van der Waals surface area contributed by atoms with Gasteiger partial charge in [0, 0.05) is 30.3 Å². The minimum Gasteiger partial charge on any atom is -0.393 e. The van der Waals surface area contributed by atoms with E-state index >= 15 is 0 Å². The minimum absolute atomic E-state index is 0.0816. The van der Waals surface area contributed by atoms with Crippen molar-refractivity contribution in [2.24, 2.45) is 5.92 Å². The molecule has 2 unspecified atom stereocenters. The average Bonchev–Trinajstić information content (AvgIpc) is 2.94. The summed E-state index contributed by atoms with van der Waals surface area (Å²) in [7, 11) is 0. The van der Waals surface area contributed by atoms with Crippen molar-refractivity contribution in [3.8, 4) is 0 Å². The number of hydrogen-bond donors (Lipinski definition) is 3. The van der Waals surface area contributed by atoms with Gasteiger partial charge in [-0.05, 0) is 25.2 Å². The van der Waals surface area contributed by atoms with Crippen molar-refractivity contribution in [3.05, 3.63) is 16.1 Å². The lowest BCUT2D eigenvalue weighted by Crippen LogP contribution is -2.40. The van der Waals surface area contributed by atoms with Crippen LogP contribution >= 0.6 is 11.3 Å². The van der Waals surface area contributed by atoms with E-state index in [1.807, 2.05) is 0 Å². The number of carbonyl (C=O) groups excluding carboxylic acids is 1. The van der Waals surface area contributed by atoms with Crippen LogP contribution in [-0.2, 0) is 11.8 Å². The molecule has 1 aliphatic rings. The van der Waals surface area contributed by atoms with E-state index in [0.717, 1.165) is 42.8 Å². The van der Waals surface area contributed by atoms with Crippen molar-refractivity contribution in [1.29, 1.82) is 0 Å². The third-order valence-electron chi connectivity index (χ3n) is 4.17. The summed E-state index contributed by atoms with van der Waals surface area (Å²) in [6.07, 6.45) is 4.39. The monoisotopic (exact) mass is 339 g/mol. The molecule has 0 spiro atoms. The molecule has 2 amide bonds. The maximum atomic E-state index is 11.8. The Morgan fingerprint density at radius 1 is 1.39 bits per heavy atom. The van der Waals surface area contributed by atoms with Crippen molar-refractivity contribution < 1.29 is 9.90 Å². The zero-order chi connectivity index (χ0) is 16.9. The van der Waals surface area contributed by atoms with Crippen molar-refractivity contribution in [2.75, 3.05) is 13.1 Å². The summed E-state index contributed by atoms with van der Waals surface area (Å²) >= 11 is 1.68. The number of urea groups is 1. The Hall–Kier alpha value is -1.14. The van der Waals surface area contributed by atoms with E-state index in [9.17, 15) is 9.90 Å². The van der Waals surface area contributed by atoms with Crippen LogP contribution in [-0.4, -0.2) is 35.3 Å². The highest BCUT2D eigenvalue weighted by atomic mass is 32.1. The van der Waals surface area contributed by atoms with Crippen LogP contribution in [0.5, 0.6) is 0 Å². The number of thiazole rings is 1. The fourth-order valence-electron chi connectivity index (χ4n) is 2.82. The topological polar surface area (TPSA) is 74.2 Å². The first-order chi connectivity index (χ1) is 10.8. The largest absolute Gasteiger partial charge is 0.393 e. The van der Waals surface area contributed by atoms with Crippen LogP contribution in [0.4, 0.5) is 4.79 Å². The van der Waals surface area contributed by atoms with Crippen LogP contribution in [0.1, 0.15) is 57.2 Å². The number of carbonyl (C=O) groups is 1. The van der Waals surface area contributed by atoms with Gasteiger partial charge in [0.25, 0.3) is 0 Å². The number of hydrogen-bond acceptors (Lipinski definition) is 4. The second kappa shape index (κ2) is 8.11. The van der Waals surface area contributed by atoms with E-state index in [1.165, 1.54) is 0 Å². The van der Waals surface area contributed by atoms with E-state index in [1.54, 1.807) is 11.3 Å². The van der Waals surface area contributed by atoms with Gasteiger partial charge in [-0.1, -0.05) is 27.2 Å². The second-order valence-electron chi connectivity index (χ2n) is 7.47. The van der Waals surface area contributed by atoms with Gasteiger partial charge in [0.1, 0.15) is 0 Å². The molecule has 0 aliphatic heterocycles. The molecule has 0 radical (unpaired) electrons. The van der Waals surface area contributed by atoms with Gasteiger partial charge in [-0.3, -0.25) is 0 Å². The van der Waals surface area contributed by atoms with Crippen LogP contribution in [0.3, 0.4) is 0 Å². The Labute approximate surface area is 142 Å². The molecule has 1 saturated carbocycles. The van der Waals surface area contributed by atoms with Crippen LogP contribution in [0.2, 0.25) is 0 Å². The summed E-state index contributed by atoms with van der Waals surface area (Å²) in [5.41, 5.74) is 1.12. The molecule has 2 rings (SSSR count). The lowest BCUT2D eigenvalue weighted by Gasteiger charge is -2.25. The van der Waals surface area contributed by atoms with E-state index in [2.05, 4.69) is 41.8 Å². The summed E-state index contributed by atoms with van der Waals surface area (Å²) in [5, 5.41) is 18.6. The highest BCUT2D eigenvalue weighted by Gasteiger charge is 2.20. The molecule has 1 heterocycles. The molecule has 1 aromatic heterocycles. The van der Waals surface area contributed by atoms with Crippen LogP contribution in [0.25, 0.3) is 0 Å². The first kappa shape index (κ1) is 18.2. The normalized spacial score (nSPS) is 21.9. The summed E-state index contributed by atoms with van der Waals surface area (Å²) in [5.74, 6) is 0.400. The van der Waals surface area contributed by atoms with E-state index < -0.39 is 0 Å². The summed E-state index contributed by atoms with van der Waals surface area (Å²) in [6.45, 7) is 7.71. The van der Waals surface area contributed by atoms with Gasteiger partial charge in [-0.15, -0.1) is 11.3 Å². The Morgan fingerprint density at radius 2 is 2.17 bits per heavy atom. The molecule has 1 fully saturated rings. The predicted octanol–water partition coefficient (Wildman–Crippen LogP) is 2.83. The fraction of sp³-hybridized carbons (Fsp3) is 0.765. The minimum atomic E-state index is -0.194.